The molecule has 0 aliphatic rings. The fourth-order valence-electron chi connectivity index (χ4n) is 2.39. The summed E-state index contributed by atoms with van der Waals surface area (Å²) in [6.45, 7) is 2.31. The quantitative estimate of drug-likeness (QED) is 0.792. The Morgan fingerprint density at radius 3 is 2.38 bits per heavy atom. The first-order valence-corrected chi connectivity index (χ1v) is 9.47. The van der Waals surface area contributed by atoms with E-state index >= 15 is 0 Å². The highest BCUT2D eigenvalue weighted by atomic mass is 32.2. The van der Waals surface area contributed by atoms with Gasteiger partial charge in [-0.2, -0.15) is 0 Å². The average molecular weight is 351 g/mol. The van der Waals surface area contributed by atoms with Gasteiger partial charge < -0.3 is 4.74 Å². The molecule has 0 fully saturated rings. The monoisotopic (exact) mass is 351 g/mol. The maximum atomic E-state index is 13.8. The van der Waals surface area contributed by atoms with Crippen LogP contribution in [-0.4, -0.2) is 27.8 Å². The summed E-state index contributed by atoms with van der Waals surface area (Å²) in [6.07, 6.45) is 0.155. The second-order valence-electron chi connectivity index (χ2n) is 5.50. The molecular weight excluding hydrogens is 329 g/mol. The molecule has 0 aromatic heterocycles. The van der Waals surface area contributed by atoms with Crippen LogP contribution in [0.3, 0.4) is 0 Å². The van der Waals surface area contributed by atoms with Crippen molar-refractivity contribution in [2.45, 2.75) is 19.4 Å². The Balaban J connectivity index is 2.17. The van der Waals surface area contributed by atoms with Gasteiger partial charge in [-0.3, -0.25) is 0 Å². The minimum absolute atomic E-state index is 0.150. The number of ether oxygens (including phenoxy) is 1. The van der Waals surface area contributed by atoms with Crippen LogP contribution < -0.4 is 4.72 Å². The van der Waals surface area contributed by atoms with Crippen molar-refractivity contribution < 1.29 is 17.5 Å². The summed E-state index contributed by atoms with van der Waals surface area (Å²) in [6, 6.07) is 13.6. The Kier molecular flexibility index (Phi) is 6.48. The molecule has 0 saturated heterocycles. The van der Waals surface area contributed by atoms with Crippen molar-refractivity contribution in [2.75, 3.05) is 19.4 Å². The van der Waals surface area contributed by atoms with Crippen LogP contribution >= 0.6 is 0 Å². The lowest BCUT2D eigenvalue weighted by molar-refractivity contribution is 0.121. The van der Waals surface area contributed by atoms with Crippen LogP contribution in [0.15, 0.2) is 48.5 Å². The minimum Gasteiger partial charge on any atom is -0.376 e. The largest absolute Gasteiger partial charge is 0.376 e. The van der Waals surface area contributed by atoms with E-state index < -0.39 is 16.1 Å². The lowest BCUT2D eigenvalue weighted by Gasteiger charge is -2.17. The maximum Gasteiger partial charge on any atom is 0.214 e. The van der Waals surface area contributed by atoms with Gasteiger partial charge in [-0.25, -0.2) is 17.5 Å². The molecule has 2 aromatic carbocycles. The summed E-state index contributed by atoms with van der Waals surface area (Å²) >= 11 is 0. The molecule has 1 atom stereocenters. The van der Waals surface area contributed by atoms with Crippen molar-refractivity contribution in [1.82, 2.24) is 4.72 Å². The highest BCUT2D eigenvalue weighted by Gasteiger charge is 2.20. The first kappa shape index (κ1) is 18.6. The number of rotatable bonds is 8. The molecule has 0 amide bonds. The predicted molar refractivity (Wildman–Crippen MR) is 93.7 cm³/mol. The zero-order chi connectivity index (χ0) is 17.6. The van der Waals surface area contributed by atoms with Crippen LogP contribution in [0.25, 0.3) is 11.1 Å². The zero-order valence-electron chi connectivity index (χ0n) is 13.8. The van der Waals surface area contributed by atoms with Crippen molar-refractivity contribution in [1.29, 1.82) is 0 Å². The maximum absolute atomic E-state index is 13.8. The Labute approximate surface area is 142 Å². The average Bonchev–Trinajstić information content (AvgIpc) is 2.59. The van der Waals surface area contributed by atoms with Gasteiger partial charge >= 0.3 is 0 Å². The molecule has 0 radical (unpaired) electrons. The SMILES string of the molecule is CCCNS(=O)(=O)CC(OC)c1ccc(-c2ccccc2F)cc1. The Bertz CT molecular complexity index is 760. The zero-order valence-corrected chi connectivity index (χ0v) is 14.6. The molecule has 2 rings (SSSR count). The molecule has 0 aliphatic carbocycles. The normalized spacial score (nSPS) is 13.0. The van der Waals surface area contributed by atoms with Crippen molar-refractivity contribution in [2.24, 2.45) is 0 Å². The van der Waals surface area contributed by atoms with Crippen LogP contribution in [0.5, 0.6) is 0 Å². The number of hydrogen-bond acceptors (Lipinski definition) is 3. The molecule has 1 unspecified atom stereocenters. The summed E-state index contributed by atoms with van der Waals surface area (Å²) in [7, 11) is -1.93. The van der Waals surface area contributed by atoms with Crippen molar-refractivity contribution in [3.63, 3.8) is 0 Å². The standard InChI is InChI=1S/C18H22FNO3S/c1-3-12-20-24(21,22)13-18(23-2)15-10-8-14(9-11-15)16-6-4-5-7-17(16)19/h4-11,18,20H,3,12-13H2,1-2H3. The molecule has 0 bridgehead atoms. The molecule has 0 heterocycles. The van der Waals surface area contributed by atoms with Gasteiger partial charge in [-0.05, 0) is 23.6 Å². The lowest BCUT2D eigenvalue weighted by Crippen LogP contribution is -2.30. The summed E-state index contributed by atoms with van der Waals surface area (Å²) in [5, 5.41) is 0. The number of methoxy groups -OCH3 is 1. The summed E-state index contributed by atoms with van der Waals surface area (Å²) in [5.41, 5.74) is 1.98. The molecule has 4 nitrogen and oxygen atoms in total. The van der Waals surface area contributed by atoms with Crippen LogP contribution in [0.1, 0.15) is 25.0 Å². The Morgan fingerprint density at radius 1 is 1.12 bits per heavy atom. The highest BCUT2D eigenvalue weighted by molar-refractivity contribution is 7.89. The number of halogens is 1. The number of nitrogens with one attached hydrogen (secondary N) is 1. The van der Waals surface area contributed by atoms with Crippen LogP contribution in [0.2, 0.25) is 0 Å². The fourth-order valence-corrected chi connectivity index (χ4v) is 3.75. The van der Waals surface area contributed by atoms with E-state index in [1.807, 2.05) is 6.92 Å². The van der Waals surface area contributed by atoms with Gasteiger partial charge in [0.15, 0.2) is 0 Å². The third-order valence-electron chi connectivity index (χ3n) is 3.69. The molecule has 0 saturated carbocycles. The van der Waals surface area contributed by atoms with Gasteiger partial charge in [0.25, 0.3) is 0 Å². The van der Waals surface area contributed by atoms with E-state index in [1.165, 1.54) is 13.2 Å². The minimum atomic E-state index is -3.41. The third-order valence-corrected chi connectivity index (χ3v) is 5.08. The van der Waals surface area contributed by atoms with Crippen molar-refractivity contribution in [3.05, 3.63) is 59.9 Å². The Hall–Kier alpha value is -1.76. The smallest absolute Gasteiger partial charge is 0.214 e. The van der Waals surface area contributed by atoms with Gasteiger partial charge in [-0.1, -0.05) is 49.4 Å². The molecule has 0 aliphatic heterocycles. The van der Waals surface area contributed by atoms with Gasteiger partial charge in [0.1, 0.15) is 5.82 Å². The number of sulfonamides is 1. The number of hydrogen-bond donors (Lipinski definition) is 1. The number of benzene rings is 2. The molecule has 24 heavy (non-hydrogen) atoms. The summed E-state index contributed by atoms with van der Waals surface area (Å²) in [5.74, 6) is -0.442. The van der Waals surface area contributed by atoms with Crippen LogP contribution in [0.4, 0.5) is 4.39 Å². The van der Waals surface area contributed by atoms with Gasteiger partial charge in [-0.15, -0.1) is 0 Å². The molecule has 2 aromatic rings. The Morgan fingerprint density at radius 2 is 1.79 bits per heavy atom. The second-order valence-corrected chi connectivity index (χ2v) is 7.35. The van der Waals surface area contributed by atoms with E-state index in [-0.39, 0.29) is 11.6 Å². The molecule has 6 heteroatoms. The van der Waals surface area contributed by atoms with Gasteiger partial charge in [0.2, 0.25) is 10.0 Å². The summed E-state index contributed by atoms with van der Waals surface area (Å²) in [4.78, 5) is 0. The molecular formula is C18H22FNO3S. The molecule has 0 spiro atoms. The summed E-state index contributed by atoms with van der Waals surface area (Å²) < 4.78 is 45.7. The van der Waals surface area contributed by atoms with E-state index in [0.717, 1.165) is 17.5 Å². The molecule has 1 N–H and O–H groups in total. The van der Waals surface area contributed by atoms with Gasteiger partial charge in [0.05, 0.1) is 11.9 Å². The molecule has 130 valence electrons. The van der Waals surface area contributed by atoms with Crippen LogP contribution in [0, 0.1) is 5.82 Å². The van der Waals surface area contributed by atoms with Crippen molar-refractivity contribution >= 4 is 10.0 Å². The first-order chi connectivity index (χ1) is 11.5. The van der Waals surface area contributed by atoms with E-state index in [0.29, 0.717) is 12.1 Å². The van der Waals surface area contributed by atoms with Gasteiger partial charge in [0, 0.05) is 19.2 Å². The lowest BCUT2D eigenvalue weighted by atomic mass is 10.0. The van der Waals surface area contributed by atoms with E-state index in [9.17, 15) is 12.8 Å². The predicted octanol–water partition coefficient (Wildman–Crippen LogP) is 3.51. The van der Waals surface area contributed by atoms with Crippen molar-refractivity contribution in [3.8, 4) is 11.1 Å². The van der Waals surface area contributed by atoms with E-state index in [4.69, 9.17) is 4.74 Å². The van der Waals surface area contributed by atoms with E-state index in [1.54, 1.807) is 42.5 Å². The first-order valence-electron chi connectivity index (χ1n) is 7.82. The van der Waals surface area contributed by atoms with Crippen LogP contribution in [-0.2, 0) is 14.8 Å². The fraction of sp³-hybridized carbons (Fsp3) is 0.333. The topological polar surface area (TPSA) is 55.4 Å². The van der Waals surface area contributed by atoms with E-state index in [2.05, 4.69) is 4.72 Å². The second kappa shape index (κ2) is 8.37. The highest BCUT2D eigenvalue weighted by Crippen LogP contribution is 2.26. The third kappa shape index (κ3) is 4.87.